The predicted molar refractivity (Wildman–Crippen MR) is 297 cm³/mol. The minimum atomic E-state index is -0.836. The van der Waals surface area contributed by atoms with E-state index < -0.39 is 12.1 Å². The SMILES string of the molecule is CC/C=C\C/C=C\C/C=C\C/C=C\C/C=C\CC(=O)OC(COC(=O)CCCCCCC/C=C\CCCCCC)COC(=O)CCCCCCCCCCCCC/C=C\C/C=C\CCCCCCC. The number of hydrogen-bond donors (Lipinski definition) is 0. The number of ether oxygens (including phenoxy) is 3. The van der Waals surface area contributed by atoms with Gasteiger partial charge in [0, 0.05) is 12.8 Å². The second-order valence-electron chi connectivity index (χ2n) is 18.8. The van der Waals surface area contributed by atoms with Gasteiger partial charge in [0.2, 0.25) is 0 Å². The molecule has 394 valence electrons. The molecule has 0 aromatic heterocycles. The van der Waals surface area contributed by atoms with Crippen LogP contribution in [0.1, 0.15) is 265 Å². The minimum absolute atomic E-state index is 0.0936. The first kappa shape index (κ1) is 65.3. The van der Waals surface area contributed by atoms with Gasteiger partial charge in [-0.15, -0.1) is 0 Å². The molecular formula is C63H106O6. The summed E-state index contributed by atoms with van der Waals surface area (Å²) in [6.45, 7) is 6.41. The van der Waals surface area contributed by atoms with E-state index in [0.717, 1.165) is 89.9 Å². The molecule has 0 spiro atoms. The molecule has 0 radical (unpaired) electrons. The van der Waals surface area contributed by atoms with Gasteiger partial charge in [0.05, 0.1) is 6.42 Å². The molecule has 0 aliphatic rings. The summed E-state index contributed by atoms with van der Waals surface area (Å²) >= 11 is 0. The molecule has 0 aromatic carbocycles. The zero-order valence-electron chi connectivity index (χ0n) is 45.0. The Morgan fingerprint density at radius 2 is 0.609 bits per heavy atom. The van der Waals surface area contributed by atoms with Crippen molar-refractivity contribution in [2.24, 2.45) is 0 Å². The Hall–Kier alpha value is -3.67. The van der Waals surface area contributed by atoms with Crippen molar-refractivity contribution in [3.8, 4) is 0 Å². The van der Waals surface area contributed by atoms with Crippen LogP contribution in [0.15, 0.2) is 97.2 Å². The van der Waals surface area contributed by atoms with E-state index in [1.165, 1.54) is 135 Å². The molecule has 1 atom stereocenters. The standard InChI is InChI=1S/C63H106O6/c1-4-7-10-13-16-19-22-25-27-28-29-30-31-32-33-34-36-38-41-44-47-50-53-56-62(65)68-59-60(58-67-61(64)55-52-49-46-43-40-37-24-21-18-15-12-9-6-3)69-63(66)57-54-51-48-45-42-39-35-26-23-20-17-14-11-8-5-2/h8,11,17,20-22,24-26,28-29,35,42,45,51,54,60H,4-7,9-10,12-16,18-19,23,27,30-34,36-41,43-44,46-50,52-53,55-59H2,1-3H3/b11-8-,20-17-,24-21-,25-22-,29-28-,35-26-,45-42-,54-51-. The molecule has 0 saturated carbocycles. The molecule has 0 saturated heterocycles. The summed E-state index contributed by atoms with van der Waals surface area (Å²) in [5.74, 6) is -1.06. The van der Waals surface area contributed by atoms with E-state index in [0.29, 0.717) is 12.8 Å². The second-order valence-corrected chi connectivity index (χ2v) is 18.8. The van der Waals surface area contributed by atoms with Crippen LogP contribution in [0.3, 0.4) is 0 Å². The van der Waals surface area contributed by atoms with Crippen LogP contribution in [-0.4, -0.2) is 37.2 Å². The maximum absolute atomic E-state index is 12.8. The molecule has 0 amide bonds. The third-order valence-corrected chi connectivity index (χ3v) is 12.1. The molecule has 0 heterocycles. The van der Waals surface area contributed by atoms with Crippen LogP contribution in [-0.2, 0) is 28.6 Å². The molecule has 0 aliphatic heterocycles. The van der Waals surface area contributed by atoms with Crippen LogP contribution in [0.2, 0.25) is 0 Å². The van der Waals surface area contributed by atoms with E-state index in [1.54, 1.807) is 6.08 Å². The van der Waals surface area contributed by atoms with Gasteiger partial charge in [-0.2, -0.15) is 0 Å². The molecule has 0 fully saturated rings. The van der Waals surface area contributed by atoms with Crippen molar-refractivity contribution in [3.63, 3.8) is 0 Å². The van der Waals surface area contributed by atoms with Gasteiger partial charge in [-0.05, 0) is 103 Å². The quantitative estimate of drug-likeness (QED) is 0.0262. The molecule has 69 heavy (non-hydrogen) atoms. The normalized spacial score (nSPS) is 12.8. The molecule has 6 nitrogen and oxygen atoms in total. The summed E-state index contributed by atoms with van der Waals surface area (Å²) in [4.78, 5) is 38.0. The Balaban J connectivity index is 4.41. The summed E-state index contributed by atoms with van der Waals surface area (Å²) in [6.07, 6.45) is 75.7. The monoisotopic (exact) mass is 959 g/mol. The zero-order chi connectivity index (χ0) is 50.0. The zero-order valence-corrected chi connectivity index (χ0v) is 45.0. The molecular weight excluding hydrogens is 853 g/mol. The molecule has 1 unspecified atom stereocenters. The van der Waals surface area contributed by atoms with Gasteiger partial charge in [-0.25, -0.2) is 0 Å². The van der Waals surface area contributed by atoms with Gasteiger partial charge in [0.25, 0.3) is 0 Å². The van der Waals surface area contributed by atoms with Gasteiger partial charge in [0.1, 0.15) is 13.2 Å². The summed E-state index contributed by atoms with van der Waals surface area (Å²) < 4.78 is 16.7. The van der Waals surface area contributed by atoms with Crippen molar-refractivity contribution in [2.45, 2.75) is 271 Å². The van der Waals surface area contributed by atoms with Crippen LogP contribution >= 0.6 is 0 Å². The van der Waals surface area contributed by atoms with E-state index >= 15 is 0 Å². The number of allylic oxidation sites excluding steroid dienone is 15. The van der Waals surface area contributed by atoms with Crippen molar-refractivity contribution in [3.05, 3.63) is 97.2 Å². The average molecular weight is 960 g/mol. The molecule has 0 N–H and O–H groups in total. The lowest BCUT2D eigenvalue weighted by atomic mass is 10.0. The van der Waals surface area contributed by atoms with Gasteiger partial charge in [0.15, 0.2) is 6.10 Å². The lowest BCUT2D eigenvalue weighted by molar-refractivity contribution is -0.166. The van der Waals surface area contributed by atoms with Gasteiger partial charge >= 0.3 is 17.9 Å². The highest BCUT2D eigenvalue weighted by Crippen LogP contribution is 2.15. The maximum Gasteiger partial charge on any atom is 0.310 e. The first-order chi connectivity index (χ1) is 34.0. The number of unbranched alkanes of at least 4 members (excludes halogenated alkanes) is 25. The van der Waals surface area contributed by atoms with Gasteiger partial charge in [-0.3, -0.25) is 14.4 Å². The largest absolute Gasteiger partial charge is 0.462 e. The Morgan fingerprint density at radius 3 is 0.986 bits per heavy atom. The number of rotatable bonds is 51. The lowest BCUT2D eigenvalue weighted by Gasteiger charge is -2.18. The van der Waals surface area contributed by atoms with Crippen LogP contribution in [0.25, 0.3) is 0 Å². The first-order valence-electron chi connectivity index (χ1n) is 28.7. The van der Waals surface area contributed by atoms with Crippen molar-refractivity contribution in [1.82, 2.24) is 0 Å². The summed E-state index contributed by atoms with van der Waals surface area (Å²) in [5.41, 5.74) is 0. The third kappa shape index (κ3) is 55.1. The van der Waals surface area contributed by atoms with Crippen LogP contribution in [0.4, 0.5) is 0 Å². The lowest BCUT2D eigenvalue weighted by Crippen LogP contribution is -2.30. The van der Waals surface area contributed by atoms with E-state index in [4.69, 9.17) is 14.2 Å². The highest BCUT2D eigenvalue weighted by Gasteiger charge is 2.19. The Labute approximate surface area is 426 Å². The summed E-state index contributed by atoms with van der Waals surface area (Å²) in [5, 5.41) is 0. The number of carbonyl (C=O) groups excluding carboxylic acids is 3. The third-order valence-electron chi connectivity index (χ3n) is 12.1. The van der Waals surface area contributed by atoms with Crippen molar-refractivity contribution in [2.75, 3.05) is 13.2 Å². The first-order valence-corrected chi connectivity index (χ1v) is 28.7. The van der Waals surface area contributed by atoms with Crippen molar-refractivity contribution >= 4 is 17.9 Å². The highest BCUT2D eigenvalue weighted by molar-refractivity contribution is 5.72. The van der Waals surface area contributed by atoms with E-state index in [-0.39, 0.29) is 31.6 Å². The molecule has 0 rings (SSSR count). The minimum Gasteiger partial charge on any atom is -0.462 e. The van der Waals surface area contributed by atoms with E-state index in [2.05, 4.69) is 106 Å². The van der Waals surface area contributed by atoms with Gasteiger partial charge in [-0.1, -0.05) is 240 Å². The van der Waals surface area contributed by atoms with E-state index in [9.17, 15) is 14.4 Å². The fourth-order valence-corrected chi connectivity index (χ4v) is 7.78. The Kier molecular flexibility index (Phi) is 53.9. The molecule has 0 aliphatic carbocycles. The average Bonchev–Trinajstić information content (AvgIpc) is 3.35. The fourth-order valence-electron chi connectivity index (χ4n) is 7.78. The van der Waals surface area contributed by atoms with Crippen LogP contribution in [0, 0.1) is 0 Å². The molecule has 6 heteroatoms. The van der Waals surface area contributed by atoms with Crippen molar-refractivity contribution in [1.29, 1.82) is 0 Å². The van der Waals surface area contributed by atoms with Crippen molar-refractivity contribution < 1.29 is 28.6 Å². The van der Waals surface area contributed by atoms with Gasteiger partial charge < -0.3 is 14.2 Å². The summed E-state index contributed by atoms with van der Waals surface area (Å²) in [7, 11) is 0. The highest BCUT2D eigenvalue weighted by atomic mass is 16.6. The molecule has 0 bridgehead atoms. The second kappa shape index (κ2) is 56.9. The topological polar surface area (TPSA) is 78.9 Å². The van der Waals surface area contributed by atoms with E-state index in [1.807, 2.05) is 6.08 Å². The smallest absolute Gasteiger partial charge is 0.310 e. The maximum atomic E-state index is 12.8. The Morgan fingerprint density at radius 1 is 0.319 bits per heavy atom. The van der Waals surface area contributed by atoms with Crippen LogP contribution in [0.5, 0.6) is 0 Å². The molecule has 0 aromatic rings. The van der Waals surface area contributed by atoms with Crippen LogP contribution < -0.4 is 0 Å². The number of esters is 3. The fraction of sp³-hybridized carbons (Fsp3) is 0.698. The number of hydrogen-bond acceptors (Lipinski definition) is 6. The predicted octanol–water partition coefficient (Wildman–Crippen LogP) is 19.3. The summed E-state index contributed by atoms with van der Waals surface area (Å²) in [6, 6.07) is 0. The Bertz CT molecular complexity index is 1380. The number of carbonyl (C=O) groups is 3.